The van der Waals surface area contributed by atoms with Crippen LogP contribution in [0.4, 0.5) is 13.2 Å². The van der Waals surface area contributed by atoms with Crippen LogP contribution in [0, 0.1) is 0 Å². The third-order valence-corrected chi connectivity index (χ3v) is 4.01. The van der Waals surface area contributed by atoms with E-state index < -0.39 is 17.8 Å². The molecule has 0 aliphatic carbocycles. The van der Waals surface area contributed by atoms with E-state index in [0.29, 0.717) is 22.9 Å². The average Bonchev–Trinajstić information content (AvgIpc) is 3.16. The van der Waals surface area contributed by atoms with Gasteiger partial charge in [-0.15, -0.1) is 0 Å². The van der Waals surface area contributed by atoms with E-state index in [1.165, 1.54) is 26.4 Å². The first-order valence-corrected chi connectivity index (χ1v) is 7.91. The van der Waals surface area contributed by atoms with Gasteiger partial charge < -0.3 is 15.2 Å². The Morgan fingerprint density at radius 1 is 1.04 bits per heavy atom. The number of benzene rings is 2. The van der Waals surface area contributed by atoms with Gasteiger partial charge in [0.1, 0.15) is 5.82 Å². The Morgan fingerprint density at radius 2 is 1.78 bits per heavy atom. The molecule has 27 heavy (non-hydrogen) atoms. The Labute approximate surface area is 153 Å². The molecule has 1 aromatic heterocycles. The van der Waals surface area contributed by atoms with Gasteiger partial charge in [-0.25, -0.2) is 4.98 Å². The number of ether oxygens (including phenoxy) is 2. The summed E-state index contributed by atoms with van der Waals surface area (Å²) in [5.74, 6) is 1.50. The van der Waals surface area contributed by atoms with Gasteiger partial charge in [0.25, 0.3) is 0 Å². The minimum atomic E-state index is -4.44. The van der Waals surface area contributed by atoms with Gasteiger partial charge in [-0.1, -0.05) is 18.2 Å². The maximum absolute atomic E-state index is 12.9. The Hall–Kier alpha value is -3.07. The van der Waals surface area contributed by atoms with E-state index in [9.17, 15) is 13.2 Å². The van der Waals surface area contributed by atoms with E-state index >= 15 is 0 Å². The third-order valence-electron chi connectivity index (χ3n) is 4.01. The van der Waals surface area contributed by atoms with Gasteiger partial charge in [0.2, 0.25) is 0 Å². The molecule has 2 aromatic carbocycles. The normalized spacial score (nSPS) is 12.7. The monoisotopic (exact) mass is 378 g/mol. The second kappa shape index (κ2) is 7.28. The summed E-state index contributed by atoms with van der Waals surface area (Å²) < 4.78 is 49.1. The Balaban J connectivity index is 1.90. The quantitative estimate of drug-likeness (QED) is 0.709. The van der Waals surface area contributed by atoms with Gasteiger partial charge in [-0.05, 0) is 29.8 Å². The highest BCUT2D eigenvalue weighted by Gasteiger charge is 2.30. The lowest BCUT2D eigenvalue weighted by Gasteiger charge is -2.13. The topological polar surface area (TPSA) is 86.0 Å². The van der Waals surface area contributed by atoms with Crippen molar-refractivity contribution >= 4 is 0 Å². The van der Waals surface area contributed by atoms with Crippen molar-refractivity contribution in [2.24, 2.45) is 5.73 Å². The fourth-order valence-electron chi connectivity index (χ4n) is 2.58. The van der Waals surface area contributed by atoms with Gasteiger partial charge in [0.05, 0.1) is 25.8 Å². The molecule has 0 bridgehead atoms. The van der Waals surface area contributed by atoms with Crippen molar-refractivity contribution in [3.8, 4) is 22.9 Å². The number of nitrogens with two attached hydrogens (primary N) is 1. The molecular formula is C18H17F3N4O2. The van der Waals surface area contributed by atoms with Crippen molar-refractivity contribution in [1.82, 2.24) is 15.2 Å². The highest BCUT2D eigenvalue weighted by Crippen LogP contribution is 2.33. The number of H-pyrrole nitrogens is 1. The lowest BCUT2D eigenvalue weighted by Crippen LogP contribution is -2.14. The van der Waals surface area contributed by atoms with Crippen LogP contribution >= 0.6 is 0 Å². The molecule has 0 saturated heterocycles. The first-order chi connectivity index (χ1) is 12.8. The van der Waals surface area contributed by atoms with Crippen molar-refractivity contribution in [1.29, 1.82) is 0 Å². The number of hydrogen-bond donors (Lipinski definition) is 2. The van der Waals surface area contributed by atoms with Crippen LogP contribution < -0.4 is 15.2 Å². The Morgan fingerprint density at radius 3 is 2.44 bits per heavy atom. The second-order valence-electron chi connectivity index (χ2n) is 5.71. The minimum Gasteiger partial charge on any atom is -0.493 e. The molecule has 0 saturated carbocycles. The second-order valence-corrected chi connectivity index (χ2v) is 5.71. The van der Waals surface area contributed by atoms with E-state index in [1.54, 1.807) is 18.2 Å². The van der Waals surface area contributed by atoms with Crippen LogP contribution in [0.5, 0.6) is 11.5 Å². The minimum absolute atomic E-state index is 0.132. The molecule has 0 fully saturated rings. The molecular weight excluding hydrogens is 361 g/mol. The number of methoxy groups -OCH3 is 2. The molecule has 0 spiro atoms. The van der Waals surface area contributed by atoms with E-state index in [0.717, 1.165) is 12.1 Å². The van der Waals surface area contributed by atoms with Crippen molar-refractivity contribution < 1.29 is 22.6 Å². The zero-order valence-corrected chi connectivity index (χ0v) is 14.5. The average molecular weight is 378 g/mol. The highest BCUT2D eigenvalue weighted by atomic mass is 19.4. The molecule has 0 radical (unpaired) electrons. The maximum atomic E-state index is 12.9. The highest BCUT2D eigenvalue weighted by molar-refractivity contribution is 5.56. The van der Waals surface area contributed by atoms with Crippen LogP contribution in [-0.4, -0.2) is 29.4 Å². The van der Waals surface area contributed by atoms with Crippen molar-refractivity contribution in [2.45, 2.75) is 12.2 Å². The summed E-state index contributed by atoms with van der Waals surface area (Å²) in [6, 6.07) is 9.29. The van der Waals surface area contributed by atoms with E-state index in [-0.39, 0.29) is 11.4 Å². The summed E-state index contributed by atoms with van der Waals surface area (Å²) in [7, 11) is 3.03. The zero-order valence-electron chi connectivity index (χ0n) is 14.5. The summed E-state index contributed by atoms with van der Waals surface area (Å²) in [6.07, 6.45) is -4.44. The molecule has 3 N–H and O–H groups in total. The summed E-state index contributed by atoms with van der Waals surface area (Å²) in [5.41, 5.74) is 6.37. The molecule has 1 heterocycles. The van der Waals surface area contributed by atoms with E-state index in [4.69, 9.17) is 15.2 Å². The van der Waals surface area contributed by atoms with Crippen LogP contribution in [0.3, 0.4) is 0 Å². The molecule has 1 unspecified atom stereocenters. The van der Waals surface area contributed by atoms with Gasteiger partial charge in [0, 0.05) is 5.56 Å². The number of alkyl halides is 3. The number of hydrogen-bond acceptors (Lipinski definition) is 5. The van der Waals surface area contributed by atoms with Crippen LogP contribution in [0.15, 0.2) is 42.5 Å². The number of aromatic nitrogens is 3. The van der Waals surface area contributed by atoms with E-state index in [2.05, 4.69) is 15.2 Å². The molecule has 0 amide bonds. The fraction of sp³-hybridized carbons (Fsp3) is 0.222. The molecule has 3 rings (SSSR count). The lowest BCUT2D eigenvalue weighted by molar-refractivity contribution is -0.137. The molecule has 3 aromatic rings. The molecule has 0 aliphatic rings. The molecule has 6 nitrogen and oxygen atoms in total. The summed E-state index contributed by atoms with van der Waals surface area (Å²) in [5, 5.41) is 6.68. The zero-order chi connectivity index (χ0) is 19.6. The van der Waals surface area contributed by atoms with Gasteiger partial charge in [-0.3, -0.25) is 5.10 Å². The van der Waals surface area contributed by atoms with Crippen LogP contribution in [-0.2, 0) is 6.18 Å². The predicted octanol–water partition coefficient (Wildman–Crippen LogP) is 3.56. The van der Waals surface area contributed by atoms with Crippen LogP contribution in [0.1, 0.15) is 23.0 Å². The predicted molar refractivity (Wildman–Crippen MR) is 92.4 cm³/mol. The Bertz CT molecular complexity index is 940. The number of aromatic amines is 1. The number of nitrogens with one attached hydrogen (secondary N) is 1. The van der Waals surface area contributed by atoms with Gasteiger partial charge in [0.15, 0.2) is 17.3 Å². The van der Waals surface area contributed by atoms with Crippen LogP contribution in [0.25, 0.3) is 11.4 Å². The smallest absolute Gasteiger partial charge is 0.416 e. The van der Waals surface area contributed by atoms with Crippen molar-refractivity contribution in [3.05, 3.63) is 59.4 Å². The first kappa shape index (κ1) is 18.7. The van der Waals surface area contributed by atoms with Crippen LogP contribution in [0.2, 0.25) is 0 Å². The maximum Gasteiger partial charge on any atom is 0.416 e. The molecule has 142 valence electrons. The number of nitrogens with zero attached hydrogens (tertiary/aromatic N) is 2. The lowest BCUT2D eigenvalue weighted by atomic mass is 10.1. The first-order valence-electron chi connectivity index (χ1n) is 7.91. The largest absolute Gasteiger partial charge is 0.493 e. The van der Waals surface area contributed by atoms with Gasteiger partial charge >= 0.3 is 6.18 Å². The summed E-state index contributed by atoms with van der Waals surface area (Å²) in [6.45, 7) is 0. The standard InChI is InChI=1S/C18H17F3N4O2/c1-26-13-7-6-10(9-14(13)27-2)15(22)17-23-16(24-25-17)11-4-3-5-12(8-11)18(19,20)21/h3-9,15H,22H2,1-2H3,(H,23,24,25). The van der Waals surface area contributed by atoms with Gasteiger partial charge in [-0.2, -0.15) is 18.3 Å². The Kier molecular flexibility index (Phi) is 5.04. The molecule has 1 atom stereocenters. The third kappa shape index (κ3) is 3.87. The van der Waals surface area contributed by atoms with E-state index in [1.807, 2.05) is 0 Å². The number of halogens is 3. The summed E-state index contributed by atoms with van der Waals surface area (Å²) >= 11 is 0. The number of rotatable bonds is 5. The van der Waals surface area contributed by atoms with Crippen molar-refractivity contribution in [2.75, 3.05) is 14.2 Å². The van der Waals surface area contributed by atoms with Crippen molar-refractivity contribution in [3.63, 3.8) is 0 Å². The summed E-state index contributed by atoms with van der Waals surface area (Å²) in [4.78, 5) is 4.25. The fourth-order valence-corrected chi connectivity index (χ4v) is 2.58. The molecule has 0 aliphatic heterocycles. The SMILES string of the molecule is COc1ccc(C(N)c2nc(-c3cccc(C(F)(F)F)c3)n[nH]2)cc1OC. The molecule has 9 heteroatoms.